The van der Waals surface area contributed by atoms with Gasteiger partial charge >= 0.3 is 11.9 Å². The van der Waals surface area contributed by atoms with Crippen LogP contribution in [0.3, 0.4) is 0 Å². The molecule has 72 valence electrons. The zero-order valence-electron chi connectivity index (χ0n) is 7.75. The van der Waals surface area contributed by atoms with Crippen LogP contribution < -0.4 is 0 Å². The highest BCUT2D eigenvalue weighted by atomic mass is 16.5. The van der Waals surface area contributed by atoms with Crippen LogP contribution in [0.5, 0.6) is 0 Å². The second-order valence-corrected chi connectivity index (χ2v) is 2.09. The van der Waals surface area contributed by atoms with Crippen molar-refractivity contribution in [2.24, 2.45) is 0 Å². The standard InChI is InChI=1S/C9H12O4/c1-3-13-9(11)7-5-4-6-8(10)12-2/h3,6-7H2,1-2H3. The Morgan fingerprint density at radius 2 is 1.69 bits per heavy atom. The van der Waals surface area contributed by atoms with Gasteiger partial charge < -0.3 is 9.47 Å². The van der Waals surface area contributed by atoms with Crippen LogP contribution in [0.15, 0.2) is 0 Å². The highest BCUT2D eigenvalue weighted by Crippen LogP contribution is 1.85. The van der Waals surface area contributed by atoms with E-state index in [1.165, 1.54) is 7.11 Å². The third kappa shape index (κ3) is 6.88. The summed E-state index contributed by atoms with van der Waals surface area (Å²) in [6, 6.07) is 0. The van der Waals surface area contributed by atoms with E-state index in [0.29, 0.717) is 6.61 Å². The predicted molar refractivity (Wildman–Crippen MR) is 45.7 cm³/mol. The quantitative estimate of drug-likeness (QED) is 0.473. The van der Waals surface area contributed by atoms with Gasteiger partial charge in [-0.15, -0.1) is 0 Å². The molecule has 0 unspecified atom stereocenters. The van der Waals surface area contributed by atoms with Gasteiger partial charge in [0, 0.05) is 0 Å². The fourth-order valence-electron chi connectivity index (χ4n) is 0.554. The average Bonchev–Trinajstić information content (AvgIpc) is 2.12. The lowest BCUT2D eigenvalue weighted by Gasteiger charge is -1.94. The summed E-state index contributed by atoms with van der Waals surface area (Å²) >= 11 is 0. The zero-order valence-corrected chi connectivity index (χ0v) is 7.75. The van der Waals surface area contributed by atoms with Crippen molar-refractivity contribution in [3.63, 3.8) is 0 Å². The van der Waals surface area contributed by atoms with Crippen molar-refractivity contribution in [2.75, 3.05) is 13.7 Å². The zero-order chi connectivity index (χ0) is 10.1. The van der Waals surface area contributed by atoms with E-state index in [9.17, 15) is 9.59 Å². The van der Waals surface area contributed by atoms with Gasteiger partial charge in [0.25, 0.3) is 0 Å². The number of rotatable bonds is 3. The lowest BCUT2D eigenvalue weighted by molar-refractivity contribution is -0.142. The first-order chi connectivity index (χ1) is 6.20. The largest absolute Gasteiger partial charge is 0.468 e. The second kappa shape index (κ2) is 7.17. The Balaban J connectivity index is 3.61. The van der Waals surface area contributed by atoms with Crippen molar-refractivity contribution >= 4 is 11.9 Å². The van der Waals surface area contributed by atoms with E-state index in [0.717, 1.165) is 0 Å². The number of carbonyl (C=O) groups excluding carboxylic acids is 2. The maximum atomic E-state index is 10.7. The van der Waals surface area contributed by atoms with E-state index in [2.05, 4.69) is 21.3 Å². The molecule has 0 aromatic carbocycles. The molecule has 0 fully saturated rings. The molecule has 0 aliphatic heterocycles. The fourth-order valence-corrected chi connectivity index (χ4v) is 0.554. The Bertz CT molecular complexity index is 234. The highest BCUT2D eigenvalue weighted by molar-refractivity contribution is 5.74. The normalized spacial score (nSPS) is 8.15. The number of hydrogen-bond acceptors (Lipinski definition) is 4. The smallest absolute Gasteiger partial charge is 0.317 e. The molecule has 0 aromatic heterocycles. The molecule has 4 nitrogen and oxygen atoms in total. The van der Waals surface area contributed by atoms with Gasteiger partial charge in [0.05, 0.1) is 13.7 Å². The van der Waals surface area contributed by atoms with Crippen LogP contribution in [0.4, 0.5) is 0 Å². The number of methoxy groups -OCH3 is 1. The summed E-state index contributed by atoms with van der Waals surface area (Å²) in [6.45, 7) is 2.07. The van der Waals surface area contributed by atoms with Crippen LogP contribution in [0, 0.1) is 11.8 Å². The summed E-state index contributed by atoms with van der Waals surface area (Å²) in [6.07, 6.45) is 0.0285. The first kappa shape index (κ1) is 11.5. The van der Waals surface area contributed by atoms with Crippen molar-refractivity contribution in [1.82, 2.24) is 0 Å². The third-order valence-electron chi connectivity index (χ3n) is 1.12. The van der Waals surface area contributed by atoms with Crippen LogP contribution in [0.1, 0.15) is 19.8 Å². The fraction of sp³-hybridized carbons (Fsp3) is 0.556. The maximum Gasteiger partial charge on any atom is 0.317 e. The highest BCUT2D eigenvalue weighted by Gasteiger charge is 1.97. The maximum absolute atomic E-state index is 10.7. The van der Waals surface area contributed by atoms with Crippen LogP contribution in [-0.4, -0.2) is 25.7 Å². The van der Waals surface area contributed by atoms with E-state index in [-0.39, 0.29) is 18.8 Å². The Hall–Kier alpha value is -1.50. The summed E-state index contributed by atoms with van der Waals surface area (Å²) in [7, 11) is 1.29. The van der Waals surface area contributed by atoms with E-state index in [1.54, 1.807) is 6.92 Å². The first-order valence-electron chi connectivity index (χ1n) is 3.88. The molecule has 0 atom stereocenters. The SMILES string of the molecule is CCOC(=O)CC#CCC(=O)OC. The molecule has 0 N–H and O–H groups in total. The molecule has 0 aliphatic carbocycles. The van der Waals surface area contributed by atoms with Crippen LogP contribution >= 0.6 is 0 Å². The summed E-state index contributed by atoms with van der Waals surface area (Å²) in [5.74, 6) is 4.23. The topological polar surface area (TPSA) is 52.6 Å². The lowest BCUT2D eigenvalue weighted by Crippen LogP contribution is -2.02. The monoisotopic (exact) mass is 184 g/mol. The average molecular weight is 184 g/mol. The van der Waals surface area contributed by atoms with Gasteiger partial charge in [-0.05, 0) is 6.92 Å². The predicted octanol–water partition coefficient (Wildman–Crippen LogP) is 0.506. The van der Waals surface area contributed by atoms with Crippen LogP contribution in [-0.2, 0) is 19.1 Å². The Morgan fingerprint density at radius 3 is 2.15 bits per heavy atom. The number of carbonyl (C=O) groups is 2. The third-order valence-corrected chi connectivity index (χ3v) is 1.12. The Labute approximate surface area is 77.2 Å². The van der Waals surface area contributed by atoms with Gasteiger partial charge in [-0.25, -0.2) is 0 Å². The molecular formula is C9H12O4. The number of esters is 2. The molecule has 13 heavy (non-hydrogen) atoms. The van der Waals surface area contributed by atoms with Gasteiger partial charge in [0.15, 0.2) is 0 Å². The molecule has 0 heterocycles. The van der Waals surface area contributed by atoms with E-state index < -0.39 is 5.97 Å². The number of hydrogen-bond donors (Lipinski definition) is 0. The lowest BCUT2D eigenvalue weighted by atomic mass is 10.4. The molecule has 0 aliphatic rings. The second-order valence-electron chi connectivity index (χ2n) is 2.09. The molecule has 0 aromatic rings. The summed E-state index contributed by atoms with van der Waals surface area (Å²) < 4.78 is 8.96. The van der Waals surface area contributed by atoms with Gasteiger partial charge in [0.2, 0.25) is 0 Å². The molecule has 0 amide bonds. The molecule has 0 spiro atoms. The Morgan fingerprint density at radius 1 is 1.15 bits per heavy atom. The minimum Gasteiger partial charge on any atom is -0.468 e. The number of ether oxygens (including phenoxy) is 2. The molecular weight excluding hydrogens is 172 g/mol. The van der Waals surface area contributed by atoms with Crippen LogP contribution in [0.25, 0.3) is 0 Å². The van der Waals surface area contributed by atoms with Gasteiger partial charge in [-0.3, -0.25) is 9.59 Å². The van der Waals surface area contributed by atoms with Gasteiger partial charge in [0.1, 0.15) is 12.8 Å². The van der Waals surface area contributed by atoms with Crippen molar-refractivity contribution in [3.05, 3.63) is 0 Å². The van der Waals surface area contributed by atoms with E-state index >= 15 is 0 Å². The van der Waals surface area contributed by atoms with E-state index in [4.69, 9.17) is 0 Å². The summed E-state index contributed by atoms with van der Waals surface area (Å²) in [4.78, 5) is 21.3. The molecule has 0 rings (SSSR count). The summed E-state index contributed by atoms with van der Waals surface area (Å²) in [5, 5.41) is 0. The molecule has 4 heteroatoms. The van der Waals surface area contributed by atoms with Crippen molar-refractivity contribution < 1.29 is 19.1 Å². The molecule has 0 bridgehead atoms. The van der Waals surface area contributed by atoms with Crippen molar-refractivity contribution in [1.29, 1.82) is 0 Å². The minimum absolute atomic E-state index is 0.00983. The van der Waals surface area contributed by atoms with E-state index in [1.807, 2.05) is 0 Å². The van der Waals surface area contributed by atoms with Crippen molar-refractivity contribution in [2.45, 2.75) is 19.8 Å². The molecule has 0 saturated carbocycles. The first-order valence-corrected chi connectivity index (χ1v) is 3.88. The molecule has 0 saturated heterocycles. The van der Waals surface area contributed by atoms with Gasteiger partial charge in [-0.1, -0.05) is 11.8 Å². The van der Waals surface area contributed by atoms with Crippen molar-refractivity contribution in [3.8, 4) is 11.8 Å². The minimum atomic E-state index is -0.406. The van der Waals surface area contributed by atoms with Gasteiger partial charge in [-0.2, -0.15) is 0 Å². The Kier molecular flexibility index (Phi) is 6.34. The molecule has 0 radical (unpaired) electrons. The summed E-state index contributed by atoms with van der Waals surface area (Å²) in [5.41, 5.74) is 0. The van der Waals surface area contributed by atoms with Crippen LogP contribution in [0.2, 0.25) is 0 Å².